The molecule has 0 aliphatic heterocycles. The zero-order chi connectivity index (χ0) is 70.5. The summed E-state index contributed by atoms with van der Waals surface area (Å²) in [5.41, 5.74) is 26.9. The molecule has 0 saturated heterocycles. The van der Waals surface area contributed by atoms with E-state index in [1.807, 2.05) is 0 Å². The number of hydrogen-bond acceptors (Lipinski definition) is 12. The van der Waals surface area contributed by atoms with Crippen LogP contribution in [-0.4, -0.2) is 17.5 Å². The fourth-order valence-corrected chi connectivity index (χ4v) is 17.6. The number of anilines is 12. The van der Waals surface area contributed by atoms with Gasteiger partial charge >= 0.3 is 0 Å². The number of fused-ring (bicyclic) bond motifs is 2. The Kier molecular flexibility index (Phi) is 18.1. The molecule has 504 valence electrons. The van der Waals surface area contributed by atoms with Crippen LogP contribution >= 0.6 is 46.1 Å². The molecule has 14 aromatic carbocycles. The molecule has 8 nitrogen and oxygen atoms in total. The van der Waals surface area contributed by atoms with E-state index < -0.39 is 0 Å². The van der Waals surface area contributed by atoms with Crippen LogP contribution in [0.4, 0.5) is 68.2 Å². The monoisotopic (exact) mass is 1430 g/mol. The minimum atomic E-state index is 0.870. The van der Waals surface area contributed by atoms with E-state index in [2.05, 4.69) is 408 Å². The van der Waals surface area contributed by atoms with Gasteiger partial charge in [0.1, 0.15) is 22.1 Å². The minimum absolute atomic E-state index is 0.870. The highest BCUT2D eigenvalue weighted by molar-refractivity contribution is 7.19. The van der Waals surface area contributed by atoms with Crippen molar-refractivity contribution < 1.29 is 0 Å². The topological polar surface area (TPSA) is 64.5 Å². The predicted molar refractivity (Wildman–Crippen MR) is 449 cm³/mol. The lowest BCUT2D eigenvalue weighted by Crippen LogP contribution is -2.10. The average molecular weight is 1430 g/mol. The Labute approximate surface area is 632 Å². The smallest absolute Gasteiger partial charge is 0.114 e. The molecule has 0 spiro atoms. The molecule has 0 aliphatic rings. The second kappa shape index (κ2) is 29.4. The van der Waals surface area contributed by atoms with Crippen LogP contribution in [0.15, 0.2) is 388 Å². The van der Waals surface area contributed by atoms with Crippen LogP contribution < -0.4 is 19.6 Å². The summed E-state index contributed by atoms with van der Waals surface area (Å²) in [6.07, 6.45) is 0. The summed E-state index contributed by atoms with van der Waals surface area (Å²) in [6, 6.07) is 138. The quantitative estimate of drug-likeness (QED) is 0.0748. The highest BCUT2D eigenvalue weighted by Gasteiger charge is 2.26. The second-order valence-corrected chi connectivity index (χ2v) is 28.8. The Morgan fingerprint density at radius 3 is 0.660 bits per heavy atom. The summed E-state index contributed by atoms with van der Waals surface area (Å²) >= 11 is 6.07. The van der Waals surface area contributed by atoms with Crippen molar-refractivity contribution in [2.24, 2.45) is 0 Å². The van der Waals surface area contributed by atoms with Crippen LogP contribution in [0, 0.1) is 0 Å². The molecule has 12 heteroatoms. The normalized spacial score (nSPS) is 11.2. The Balaban J connectivity index is 0.780. The summed E-state index contributed by atoms with van der Waals surface area (Å²) in [4.78, 5) is 13.6. The summed E-state index contributed by atoms with van der Waals surface area (Å²) in [6.45, 7) is 0. The van der Waals surface area contributed by atoms with Crippen molar-refractivity contribution in [1.82, 2.24) is 17.5 Å². The molecule has 0 saturated carbocycles. The third-order valence-electron chi connectivity index (χ3n) is 19.1. The number of hydrogen-bond donors (Lipinski definition) is 0. The Morgan fingerprint density at radius 1 is 0.189 bits per heavy atom. The first-order chi connectivity index (χ1) is 52.6. The zero-order valence-corrected chi connectivity index (χ0v) is 60.4. The third kappa shape index (κ3) is 12.9. The molecule has 0 bridgehead atoms. The Bertz CT molecular complexity index is 5510. The Morgan fingerprint density at radius 2 is 0.406 bits per heavy atom. The highest BCUT2D eigenvalue weighted by atomic mass is 32.1. The molecular formula is C94H64N8S4. The number of para-hydroxylation sites is 8. The first-order valence-corrected chi connectivity index (χ1v) is 38.2. The maximum absolute atomic E-state index is 5.10. The van der Waals surface area contributed by atoms with E-state index in [1.165, 1.54) is 23.5 Å². The summed E-state index contributed by atoms with van der Waals surface area (Å²) in [7, 11) is 0. The number of rotatable bonds is 20. The van der Waals surface area contributed by atoms with E-state index in [4.69, 9.17) is 17.5 Å². The Hall–Kier alpha value is -12.9. The van der Waals surface area contributed by atoms with Crippen molar-refractivity contribution in [3.8, 4) is 43.1 Å². The SMILES string of the molecule is c1ccc(N(c2ccccc2)c2ccc(C(=C(c3ccc(-c4ccc(-c5ccc(N(c6ccccc6)c6ccccc6)cc5)c5nsnc45)s3)c3ccc(-c4ccc(-c5ccc(N(c6ccccc6)c6ccccc6)cc5)c5nsnc45)s3)c3ccc(N(c4ccccc4)c4ccccc4)cc3)cc2)cc1. The average Bonchev–Trinajstić information content (AvgIpc) is 1.25. The summed E-state index contributed by atoms with van der Waals surface area (Å²) < 4.78 is 20.3. The lowest BCUT2D eigenvalue weighted by molar-refractivity contribution is 1.28. The third-order valence-corrected chi connectivity index (χ3v) is 22.5. The van der Waals surface area contributed by atoms with Gasteiger partial charge in [-0.25, -0.2) is 0 Å². The number of nitrogens with zero attached hydrogens (tertiary/aromatic N) is 8. The van der Waals surface area contributed by atoms with Gasteiger partial charge < -0.3 is 19.6 Å². The van der Waals surface area contributed by atoms with Gasteiger partial charge in [-0.3, -0.25) is 0 Å². The van der Waals surface area contributed by atoms with Gasteiger partial charge in [-0.05, 0) is 198 Å². The largest absolute Gasteiger partial charge is 0.311 e. The first-order valence-electron chi connectivity index (χ1n) is 35.1. The lowest BCUT2D eigenvalue weighted by Gasteiger charge is -2.26. The molecule has 0 N–H and O–H groups in total. The first kappa shape index (κ1) is 65.1. The maximum Gasteiger partial charge on any atom is 0.114 e. The van der Waals surface area contributed by atoms with Crippen LogP contribution in [0.3, 0.4) is 0 Å². The lowest BCUT2D eigenvalue weighted by atomic mass is 9.91. The molecule has 0 atom stereocenters. The summed E-state index contributed by atoms with van der Waals surface area (Å²) in [5, 5.41) is 0. The van der Waals surface area contributed by atoms with Gasteiger partial charge in [0.15, 0.2) is 0 Å². The van der Waals surface area contributed by atoms with E-state index in [0.717, 1.165) is 165 Å². The van der Waals surface area contributed by atoms with Crippen LogP contribution in [0.25, 0.3) is 76.3 Å². The fraction of sp³-hybridized carbons (Fsp3) is 0. The van der Waals surface area contributed by atoms with Crippen LogP contribution in [0.1, 0.15) is 20.9 Å². The van der Waals surface area contributed by atoms with E-state index >= 15 is 0 Å². The van der Waals surface area contributed by atoms with Crippen molar-refractivity contribution in [3.63, 3.8) is 0 Å². The van der Waals surface area contributed by atoms with Gasteiger partial charge in [-0.15, -0.1) is 22.7 Å². The van der Waals surface area contributed by atoms with Crippen molar-refractivity contribution in [2.75, 3.05) is 19.6 Å². The van der Waals surface area contributed by atoms with E-state index in [1.54, 1.807) is 22.7 Å². The molecule has 4 aromatic heterocycles. The molecule has 106 heavy (non-hydrogen) atoms. The number of thiophene rings is 2. The van der Waals surface area contributed by atoms with E-state index in [0.29, 0.717) is 0 Å². The summed E-state index contributed by atoms with van der Waals surface area (Å²) in [5.74, 6) is 0. The molecule has 0 fully saturated rings. The molecule has 0 aliphatic carbocycles. The van der Waals surface area contributed by atoms with Gasteiger partial charge in [-0.1, -0.05) is 218 Å². The van der Waals surface area contributed by atoms with Gasteiger partial charge in [-0.2, -0.15) is 17.5 Å². The molecule has 18 rings (SSSR count). The molecule has 0 unspecified atom stereocenters. The van der Waals surface area contributed by atoms with Crippen molar-refractivity contribution in [2.45, 2.75) is 0 Å². The maximum atomic E-state index is 5.10. The molecule has 0 radical (unpaired) electrons. The molecular weight excluding hydrogens is 1370 g/mol. The molecule has 18 aromatic rings. The van der Waals surface area contributed by atoms with Gasteiger partial charge in [0, 0.05) is 116 Å². The number of aromatic nitrogens is 4. The zero-order valence-electron chi connectivity index (χ0n) is 57.2. The van der Waals surface area contributed by atoms with Crippen LogP contribution in [-0.2, 0) is 0 Å². The predicted octanol–water partition coefficient (Wildman–Crippen LogP) is 27.4. The van der Waals surface area contributed by atoms with Gasteiger partial charge in [0.25, 0.3) is 0 Å². The van der Waals surface area contributed by atoms with Crippen LogP contribution in [0.5, 0.6) is 0 Å². The highest BCUT2D eigenvalue weighted by Crippen LogP contribution is 2.50. The van der Waals surface area contributed by atoms with Crippen molar-refractivity contribution in [3.05, 3.63) is 409 Å². The fourth-order valence-electron chi connectivity index (χ4n) is 14.2. The van der Waals surface area contributed by atoms with Crippen LogP contribution in [0.2, 0.25) is 0 Å². The molecule has 0 amide bonds. The van der Waals surface area contributed by atoms with Gasteiger partial charge in [0.05, 0.1) is 23.5 Å². The number of benzene rings is 14. The minimum Gasteiger partial charge on any atom is -0.311 e. The van der Waals surface area contributed by atoms with E-state index in [9.17, 15) is 0 Å². The molecule has 4 heterocycles. The second-order valence-electron chi connectivity index (χ2n) is 25.5. The standard InChI is InChI=1S/C94H64N8S4/c1-9-25-69(26-10-1)99(70-27-11-2-12-28-70)77-49-41-65(42-50-77)81-57-59-83(93-91(81)95-105-97-93)85-61-63-87(103-85)90(88-64-62-86(104-88)84-60-58-82(92-94(84)98-106-96-92)66-43-51-78(52-44-66)100(71-29-13-3-14-30-71)72-31-15-4-16-32-72)89(67-45-53-79(54-46-67)101(73-33-17-5-18-34-73)74-35-19-6-20-36-74)68-47-55-80(56-48-68)102(75-37-21-7-22-38-75)76-39-23-8-24-40-76/h1-64H. The van der Waals surface area contributed by atoms with E-state index in [-0.39, 0.29) is 0 Å². The van der Waals surface area contributed by atoms with Crippen molar-refractivity contribution in [1.29, 1.82) is 0 Å². The van der Waals surface area contributed by atoms with Crippen molar-refractivity contribution >= 4 is 148 Å². The van der Waals surface area contributed by atoms with Gasteiger partial charge in [0.2, 0.25) is 0 Å².